The van der Waals surface area contributed by atoms with Crippen molar-refractivity contribution in [3.05, 3.63) is 59.7 Å². The first-order chi connectivity index (χ1) is 10.6. The molecule has 22 heavy (non-hydrogen) atoms. The average molecular weight is 303 g/mol. The Kier molecular flexibility index (Phi) is 3.79. The molecule has 3 nitrogen and oxygen atoms in total. The summed E-state index contributed by atoms with van der Waals surface area (Å²) in [5.74, 6) is -1.28. The van der Waals surface area contributed by atoms with E-state index >= 15 is 0 Å². The van der Waals surface area contributed by atoms with Crippen LogP contribution in [0.1, 0.15) is 17.9 Å². The van der Waals surface area contributed by atoms with E-state index < -0.39 is 11.6 Å². The summed E-state index contributed by atoms with van der Waals surface area (Å²) in [5, 5.41) is 2.62. The van der Waals surface area contributed by atoms with Gasteiger partial charge in [0.2, 0.25) is 5.91 Å². The zero-order chi connectivity index (χ0) is 15.7. The molecule has 0 radical (unpaired) electrons. The summed E-state index contributed by atoms with van der Waals surface area (Å²) in [6, 6.07) is 10.9. The average Bonchev–Trinajstić information content (AvgIpc) is 3.32. The van der Waals surface area contributed by atoms with E-state index in [1.54, 1.807) is 7.11 Å². The van der Waals surface area contributed by atoms with Gasteiger partial charge in [0.1, 0.15) is 5.75 Å². The monoisotopic (exact) mass is 303 g/mol. The number of amides is 1. The zero-order valence-corrected chi connectivity index (χ0v) is 12.0. The van der Waals surface area contributed by atoms with Crippen molar-refractivity contribution >= 4 is 11.6 Å². The highest BCUT2D eigenvalue weighted by Crippen LogP contribution is 2.48. The molecule has 3 rings (SSSR count). The van der Waals surface area contributed by atoms with Crippen LogP contribution >= 0.6 is 0 Å². The van der Waals surface area contributed by atoms with Gasteiger partial charge in [0.05, 0.1) is 7.11 Å². The van der Waals surface area contributed by atoms with Crippen molar-refractivity contribution in [3.63, 3.8) is 0 Å². The first-order valence-electron chi connectivity index (χ1n) is 6.98. The minimum absolute atomic E-state index is 0.137. The predicted octanol–water partition coefficient (Wildman–Crippen LogP) is 3.72. The molecule has 0 saturated heterocycles. The number of methoxy groups -OCH3 is 1. The highest BCUT2D eigenvalue weighted by molar-refractivity contribution is 5.95. The van der Waals surface area contributed by atoms with E-state index in [1.807, 2.05) is 24.3 Å². The number of carbonyl (C=O) groups excluding carboxylic acids is 1. The molecule has 1 saturated carbocycles. The van der Waals surface area contributed by atoms with Gasteiger partial charge in [-0.25, -0.2) is 8.78 Å². The van der Waals surface area contributed by atoms with E-state index in [0.717, 1.165) is 29.9 Å². The van der Waals surface area contributed by atoms with Crippen LogP contribution in [0.15, 0.2) is 42.5 Å². The molecule has 1 aliphatic rings. The highest BCUT2D eigenvalue weighted by Gasteiger charge is 2.43. The third-order valence-electron chi connectivity index (χ3n) is 3.86. The lowest BCUT2D eigenvalue weighted by Gasteiger charge is -2.06. The highest BCUT2D eigenvalue weighted by atomic mass is 19.2. The van der Waals surface area contributed by atoms with Gasteiger partial charge in [-0.3, -0.25) is 4.79 Å². The molecule has 0 bridgehead atoms. The lowest BCUT2D eigenvalue weighted by atomic mass is 10.1. The Labute approximate surface area is 126 Å². The minimum Gasteiger partial charge on any atom is -0.497 e. The Balaban J connectivity index is 1.63. The molecule has 5 heteroatoms. The van der Waals surface area contributed by atoms with Crippen molar-refractivity contribution in [2.45, 2.75) is 12.3 Å². The number of halogens is 2. The number of hydrogen-bond acceptors (Lipinski definition) is 2. The van der Waals surface area contributed by atoms with Crippen molar-refractivity contribution in [3.8, 4) is 5.75 Å². The maximum absolute atomic E-state index is 13.1. The van der Waals surface area contributed by atoms with Gasteiger partial charge < -0.3 is 10.1 Å². The fraction of sp³-hybridized carbons (Fsp3) is 0.235. The minimum atomic E-state index is -0.972. The zero-order valence-electron chi connectivity index (χ0n) is 12.0. The fourth-order valence-corrected chi connectivity index (χ4v) is 2.51. The van der Waals surface area contributed by atoms with Crippen LogP contribution in [0.4, 0.5) is 14.5 Å². The van der Waals surface area contributed by atoms with Crippen LogP contribution < -0.4 is 10.1 Å². The smallest absolute Gasteiger partial charge is 0.228 e. The fourth-order valence-electron chi connectivity index (χ4n) is 2.51. The Hall–Kier alpha value is -2.43. The van der Waals surface area contributed by atoms with E-state index in [9.17, 15) is 13.6 Å². The van der Waals surface area contributed by atoms with Crippen LogP contribution in [0.25, 0.3) is 0 Å². The predicted molar refractivity (Wildman–Crippen MR) is 78.8 cm³/mol. The molecule has 0 aliphatic heterocycles. The Bertz CT molecular complexity index is 700. The molecule has 0 spiro atoms. The number of rotatable bonds is 4. The van der Waals surface area contributed by atoms with Crippen LogP contribution in [0, 0.1) is 17.6 Å². The summed E-state index contributed by atoms with van der Waals surface area (Å²) in [6.07, 6.45) is 0.752. The number of carbonyl (C=O) groups is 1. The maximum Gasteiger partial charge on any atom is 0.228 e. The Morgan fingerprint density at radius 3 is 2.50 bits per heavy atom. The molecule has 114 valence electrons. The third kappa shape index (κ3) is 2.93. The largest absolute Gasteiger partial charge is 0.497 e. The van der Waals surface area contributed by atoms with Gasteiger partial charge in [-0.05, 0) is 42.2 Å². The number of anilines is 1. The van der Waals surface area contributed by atoms with Crippen molar-refractivity contribution in [2.24, 2.45) is 5.92 Å². The van der Waals surface area contributed by atoms with Crippen molar-refractivity contribution < 1.29 is 18.3 Å². The number of benzene rings is 2. The summed E-state index contributed by atoms with van der Waals surface area (Å²) < 4.78 is 31.1. The van der Waals surface area contributed by atoms with Gasteiger partial charge in [0, 0.05) is 17.7 Å². The van der Waals surface area contributed by atoms with Crippen molar-refractivity contribution in [1.29, 1.82) is 0 Å². The summed E-state index contributed by atoms with van der Waals surface area (Å²) in [5.41, 5.74) is 1.34. The standard InChI is InChI=1S/C17H15F2NO2/c1-22-12-5-2-10(3-6-12)13-9-14(13)17(21)20-11-4-7-15(18)16(19)8-11/h2-8,13-14H,9H2,1H3,(H,20,21). The quantitative estimate of drug-likeness (QED) is 0.935. The summed E-state index contributed by atoms with van der Waals surface area (Å²) in [6.45, 7) is 0. The topological polar surface area (TPSA) is 38.3 Å². The maximum atomic E-state index is 13.1. The summed E-state index contributed by atoms with van der Waals surface area (Å²) in [4.78, 5) is 12.1. The Morgan fingerprint density at radius 1 is 1.14 bits per heavy atom. The first-order valence-corrected chi connectivity index (χ1v) is 6.98. The van der Waals surface area contributed by atoms with E-state index in [1.165, 1.54) is 6.07 Å². The molecular weight excluding hydrogens is 288 g/mol. The van der Waals surface area contributed by atoms with E-state index in [0.29, 0.717) is 0 Å². The number of nitrogens with one attached hydrogen (secondary N) is 1. The van der Waals surface area contributed by atoms with Crippen LogP contribution in [0.5, 0.6) is 5.75 Å². The Morgan fingerprint density at radius 2 is 1.86 bits per heavy atom. The second kappa shape index (κ2) is 5.75. The molecule has 2 unspecified atom stereocenters. The number of ether oxygens (including phenoxy) is 1. The lowest BCUT2D eigenvalue weighted by molar-refractivity contribution is -0.117. The van der Waals surface area contributed by atoms with E-state index in [-0.39, 0.29) is 23.4 Å². The molecule has 0 heterocycles. The van der Waals surface area contributed by atoms with Crippen LogP contribution in [0.2, 0.25) is 0 Å². The van der Waals surface area contributed by atoms with Crippen LogP contribution in [0.3, 0.4) is 0 Å². The van der Waals surface area contributed by atoms with Crippen LogP contribution in [-0.4, -0.2) is 13.0 Å². The molecule has 1 fully saturated rings. The second-order valence-corrected chi connectivity index (χ2v) is 5.34. The van der Waals surface area contributed by atoms with E-state index in [2.05, 4.69) is 5.32 Å². The molecule has 2 aromatic rings. The van der Waals surface area contributed by atoms with Crippen molar-refractivity contribution in [2.75, 3.05) is 12.4 Å². The summed E-state index contributed by atoms with van der Waals surface area (Å²) in [7, 11) is 1.60. The SMILES string of the molecule is COc1ccc(C2CC2C(=O)Nc2ccc(F)c(F)c2)cc1. The molecule has 1 aliphatic carbocycles. The molecule has 2 aromatic carbocycles. The number of hydrogen-bond donors (Lipinski definition) is 1. The molecule has 2 atom stereocenters. The molecule has 0 aromatic heterocycles. The lowest BCUT2D eigenvalue weighted by Crippen LogP contribution is -2.14. The molecule has 1 N–H and O–H groups in total. The van der Waals surface area contributed by atoms with Gasteiger partial charge in [-0.15, -0.1) is 0 Å². The van der Waals surface area contributed by atoms with Gasteiger partial charge in [0.15, 0.2) is 11.6 Å². The molecular formula is C17H15F2NO2. The van der Waals surface area contributed by atoms with Crippen molar-refractivity contribution in [1.82, 2.24) is 0 Å². The summed E-state index contributed by atoms with van der Waals surface area (Å²) >= 11 is 0. The van der Waals surface area contributed by atoms with Gasteiger partial charge in [-0.1, -0.05) is 12.1 Å². The van der Waals surface area contributed by atoms with Crippen LogP contribution in [-0.2, 0) is 4.79 Å². The normalized spacial score (nSPS) is 19.6. The van der Waals surface area contributed by atoms with Gasteiger partial charge >= 0.3 is 0 Å². The molecule has 1 amide bonds. The second-order valence-electron chi connectivity index (χ2n) is 5.34. The van der Waals surface area contributed by atoms with Gasteiger partial charge in [-0.2, -0.15) is 0 Å². The van der Waals surface area contributed by atoms with E-state index in [4.69, 9.17) is 4.74 Å². The van der Waals surface area contributed by atoms with Gasteiger partial charge in [0.25, 0.3) is 0 Å². The first kappa shape index (κ1) is 14.5. The third-order valence-corrected chi connectivity index (χ3v) is 3.86.